The van der Waals surface area contributed by atoms with Crippen LogP contribution in [0.5, 0.6) is 0 Å². The van der Waals surface area contributed by atoms with E-state index in [2.05, 4.69) is 10.9 Å². The van der Waals surface area contributed by atoms with Crippen LogP contribution in [0.1, 0.15) is 49.7 Å². The smallest absolute Gasteiger partial charge is 0.267 e. The number of hydrazine groups is 1. The zero-order valence-corrected chi connectivity index (χ0v) is 16.0. The molecule has 1 aromatic carbocycles. The van der Waals surface area contributed by atoms with E-state index in [0.717, 1.165) is 31.9 Å². The molecular weight excluding hydrogens is 372 g/mol. The molecule has 0 atom stereocenters. The monoisotopic (exact) mass is 392 g/mol. The van der Waals surface area contributed by atoms with Crippen LogP contribution in [0.2, 0.25) is 0 Å². The maximum atomic E-state index is 12.3. The van der Waals surface area contributed by atoms with Gasteiger partial charge in [0, 0.05) is 16.7 Å². The highest BCUT2D eigenvalue weighted by molar-refractivity contribution is 7.90. The molecule has 0 unspecified atom stereocenters. The van der Waals surface area contributed by atoms with Crippen molar-refractivity contribution >= 4 is 33.0 Å². The number of fused-ring (bicyclic) bond motifs is 1. The first-order chi connectivity index (χ1) is 12.3. The second-order valence-electron chi connectivity index (χ2n) is 6.32. The summed E-state index contributed by atoms with van der Waals surface area (Å²) in [4.78, 5) is 26.4. The number of nitrogens with one attached hydrogen (secondary N) is 2. The predicted octanol–water partition coefficient (Wildman–Crippen LogP) is 2.50. The number of benzene rings is 1. The van der Waals surface area contributed by atoms with Crippen LogP contribution < -0.4 is 10.9 Å². The Kier molecular flexibility index (Phi) is 5.43. The number of sulfone groups is 1. The van der Waals surface area contributed by atoms with Crippen LogP contribution in [0, 0.1) is 0 Å². The third-order valence-electron chi connectivity index (χ3n) is 4.30. The average Bonchev–Trinajstić information content (AvgIpc) is 2.89. The molecule has 6 nitrogen and oxygen atoms in total. The molecule has 2 N–H and O–H groups in total. The van der Waals surface area contributed by atoms with Gasteiger partial charge in [0.2, 0.25) is 0 Å². The topological polar surface area (TPSA) is 92.3 Å². The molecule has 0 aliphatic heterocycles. The van der Waals surface area contributed by atoms with Gasteiger partial charge >= 0.3 is 0 Å². The van der Waals surface area contributed by atoms with Crippen molar-refractivity contribution < 1.29 is 18.0 Å². The van der Waals surface area contributed by atoms with Crippen LogP contribution in [0.4, 0.5) is 0 Å². The van der Waals surface area contributed by atoms with Crippen molar-refractivity contribution in [1.29, 1.82) is 0 Å². The van der Waals surface area contributed by atoms with E-state index >= 15 is 0 Å². The molecule has 2 amide bonds. The van der Waals surface area contributed by atoms with Gasteiger partial charge in [-0.1, -0.05) is 6.42 Å². The summed E-state index contributed by atoms with van der Waals surface area (Å²) < 4.78 is 22.9. The Balaban J connectivity index is 1.61. The molecule has 138 valence electrons. The van der Waals surface area contributed by atoms with Gasteiger partial charge in [0.05, 0.1) is 9.77 Å². The van der Waals surface area contributed by atoms with Crippen molar-refractivity contribution in [2.45, 2.75) is 37.0 Å². The predicted molar refractivity (Wildman–Crippen MR) is 100 cm³/mol. The molecular formula is C18H20N2O4S2. The molecule has 8 heteroatoms. The van der Waals surface area contributed by atoms with Gasteiger partial charge in [-0.25, -0.2) is 8.42 Å². The van der Waals surface area contributed by atoms with Gasteiger partial charge in [0.25, 0.3) is 11.8 Å². The molecule has 0 spiro atoms. The van der Waals surface area contributed by atoms with E-state index in [9.17, 15) is 18.0 Å². The molecule has 1 aliphatic rings. The molecule has 2 aromatic rings. The van der Waals surface area contributed by atoms with Crippen molar-refractivity contribution in [3.63, 3.8) is 0 Å². The van der Waals surface area contributed by atoms with E-state index in [1.807, 2.05) is 6.07 Å². The fourth-order valence-corrected chi connectivity index (χ4v) is 4.66. The van der Waals surface area contributed by atoms with E-state index in [4.69, 9.17) is 0 Å². The number of carbonyl (C=O) groups excluding carboxylic acids is 2. The lowest BCUT2D eigenvalue weighted by Gasteiger charge is -2.07. The molecule has 0 saturated heterocycles. The molecule has 0 radical (unpaired) electrons. The Hall–Kier alpha value is -2.19. The van der Waals surface area contributed by atoms with E-state index in [1.165, 1.54) is 52.5 Å². The third kappa shape index (κ3) is 4.31. The number of hydrogen-bond donors (Lipinski definition) is 2. The highest BCUT2D eigenvalue weighted by atomic mass is 32.2. The molecule has 1 aliphatic carbocycles. The molecule has 3 rings (SSSR count). The van der Waals surface area contributed by atoms with Crippen LogP contribution in [0.15, 0.2) is 35.2 Å². The average molecular weight is 393 g/mol. The van der Waals surface area contributed by atoms with Crippen molar-refractivity contribution in [3.05, 3.63) is 51.2 Å². The summed E-state index contributed by atoms with van der Waals surface area (Å²) in [6.07, 6.45) is 6.62. The number of thiophene rings is 1. The molecule has 1 aromatic heterocycles. The summed E-state index contributed by atoms with van der Waals surface area (Å²) in [5, 5.41) is 0. The molecule has 26 heavy (non-hydrogen) atoms. The number of carbonyl (C=O) groups is 2. The zero-order chi connectivity index (χ0) is 18.7. The number of amides is 2. The summed E-state index contributed by atoms with van der Waals surface area (Å²) in [7, 11) is -3.31. The maximum absolute atomic E-state index is 12.3. The zero-order valence-electron chi connectivity index (χ0n) is 14.4. The normalized spacial score (nSPS) is 14.2. The quantitative estimate of drug-likeness (QED) is 0.620. The number of aryl methyl sites for hydroxylation is 2. The van der Waals surface area contributed by atoms with Crippen molar-refractivity contribution in [2.75, 3.05) is 6.26 Å². The van der Waals surface area contributed by atoms with Gasteiger partial charge in [-0.15, -0.1) is 11.3 Å². The lowest BCUT2D eigenvalue weighted by Crippen LogP contribution is -2.41. The van der Waals surface area contributed by atoms with Crippen LogP contribution in [0.3, 0.4) is 0 Å². The minimum Gasteiger partial charge on any atom is -0.267 e. The maximum Gasteiger partial charge on any atom is 0.279 e. The molecule has 0 bridgehead atoms. The van der Waals surface area contributed by atoms with E-state index < -0.39 is 15.7 Å². The highest BCUT2D eigenvalue weighted by Gasteiger charge is 2.17. The SMILES string of the molecule is CS(=O)(=O)c1ccc(C(=O)NNC(=O)c2cc3c(s2)CCCCC3)cc1. The fourth-order valence-electron chi connectivity index (χ4n) is 2.88. The van der Waals surface area contributed by atoms with Gasteiger partial charge in [-0.05, 0) is 61.6 Å². The van der Waals surface area contributed by atoms with Gasteiger partial charge < -0.3 is 0 Å². The van der Waals surface area contributed by atoms with E-state index in [-0.39, 0.29) is 16.4 Å². The van der Waals surface area contributed by atoms with Crippen molar-refractivity contribution in [3.8, 4) is 0 Å². The number of rotatable bonds is 3. The second-order valence-corrected chi connectivity index (χ2v) is 9.48. The first-order valence-electron chi connectivity index (χ1n) is 8.37. The molecule has 0 fully saturated rings. The third-order valence-corrected chi connectivity index (χ3v) is 6.67. The van der Waals surface area contributed by atoms with Crippen molar-refractivity contribution in [1.82, 2.24) is 10.9 Å². The standard InChI is InChI=1S/C18H20N2O4S2/c1-26(23,24)14-9-7-12(8-10-14)17(21)19-20-18(22)16-11-13-5-3-2-4-6-15(13)25-16/h7-11H,2-6H2,1H3,(H,19,21)(H,20,22). The minimum absolute atomic E-state index is 0.137. The summed E-state index contributed by atoms with van der Waals surface area (Å²) in [5.41, 5.74) is 6.29. The Labute approximate surface area is 156 Å². The van der Waals surface area contributed by atoms with Gasteiger partial charge in [-0.3, -0.25) is 20.4 Å². The summed E-state index contributed by atoms with van der Waals surface area (Å²) in [6.45, 7) is 0. The van der Waals surface area contributed by atoms with E-state index in [1.54, 1.807) is 0 Å². The van der Waals surface area contributed by atoms with Crippen molar-refractivity contribution in [2.24, 2.45) is 0 Å². The summed E-state index contributed by atoms with van der Waals surface area (Å²) in [5.74, 6) is -0.847. The largest absolute Gasteiger partial charge is 0.279 e. The molecule has 0 saturated carbocycles. The highest BCUT2D eigenvalue weighted by Crippen LogP contribution is 2.28. The van der Waals surface area contributed by atoms with Gasteiger partial charge in [-0.2, -0.15) is 0 Å². The molecule has 1 heterocycles. The Bertz CT molecular complexity index is 907. The van der Waals surface area contributed by atoms with Crippen LogP contribution in [0.25, 0.3) is 0 Å². The second kappa shape index (κ2) is 7.59. The van der Waals surface area contributed by atoms with Gasteiger partial charge in [0.15, 0.2) is 9.84 Å². The Morgan fingerprint density at radius 2 is 1.62 bits per heavy atom. The lowest BCUT2D eigenvalue weighted by atomic mass is 10.1. The first kappa shape index (κ1) is 18.6. The van der Waals surface area contributed by atoms with Crippen LogP contribution in [-0.2, 0) is 22.7 Å². The number of hydrogen-bond acceptors (Lipinski definition) is 5. The minimum atomic E-state index is -3.31. The first-order valence-corrected chi connectivity index (χ1v) is 11.1. The van der Waals surface area contributed by atoms with E-state index in [0.29, 0.717) is 4.88 Å². The Morgan fingerprint density at radius 1 is 0.962 bits per heavy atom. The summed E-state index contributed by atoms with van der Waals surface area (Å²) in [6, 6.07) is 7.45. The van der Waals surface area contributed by atoms with Crippen LogP contribution >= 0.6 is 11.3 Å². The Morgan fingerprint density at radius 3 is 2.31 bits per heavy atom. The fraction of sp³-hybridized carbons (Fsp3) is 0.333. The lowest BCUT2D eigenvalue weighted by molar-refractivity contribution is 0.0849. The summed E-state index contributed by atoms with van der Waals surface area (Å²) >= 11 is 1.48. The van der Waals surface area contributed by atoms with Gasteiger partial charge in [0.1, 0.15) is 0 Å². The van der Waals surface area contributed by atoms with Crippen LogP contribution in [-0.4, -0.2) is 26.5 Å².